The lowest BCUT2D eigenvalue weighted by Crippen LogP contribution is -2.37. The Morgan fingerprint density at radius 3 is 2.17 bits per heavy atom. The highest BCUT2D eigenvalue weighted by Gasteiger charge is 2.17. The molecule has 1 aromatic heterocycles. The van der Waals surface area contributed by atoms with Crippen molar-refractivity contribution in [3.8, 4) is 0 Å². The SMILES string of the molecule is CC(=O)c1ccccc1C(=O)C[n+]1ccccc1. The zero-order valence-corrected chi connectivity index (χ0v) is 10.2. The summed E-state index contributed by atoms with van der Waals surface area (Å²) in [6.07, 6.45) is 3.66. The first-order chi connectivity index (χ1) is 8.68. The van der Waals surface area contributed by atoms with Gasteiger partial charge < -0.3 is 0 Å². The maximum atomic E-state index is 12.2. The van der Waals surface area contributed by atoms with Crippen molar-refractivity contribution < 1.29 is 14.2 Å². The van der Waals surface area contributed by atoms with Gasteiger partial charge in [0.05, 0.1) is 0 Å². The van der Waals surface area contributed by atoms with Crippen LogP contribution in [0.3, 0.4) is 0 Å². The number of hydrogen-bond acceptors (Lipinski definition) is 2. The average Bonchev–Trinajstić information content (AvgIpc) is 2.40. The van der Waals surface area contributed by atoms with E-state index < -0.39 is 0 Å². The van der Waals surface area contributed by atoms with Crippen molar-refractivity contribution in [1.29, 1.82) is 0 Å². The first-order valence-electron chi connectivity index (χ1n) is 5.76. The van der Waals surface area contributed by atoms with Crippen LogP contribution in [0.5, 0.6) is 0 Å². The molecule has 90 valence electrons. The van der Waals surface area contributed by atoms with Crippen LogP contribution in [0, 0.1) is 0 Å². The molecule has 0 atom stereocenters. The zero-order valence-electron chi connectivity index (χ0n) is 10.2. The minimum absolute atomic E-state index is 0.0583. The molecule has 3 heteroatoms. The predicted molar refractivity (Wildman–Crippen MR) is 67.4 cm³/mol. The van der Waals surface area contributed by atoms with Gasteiger partial charge in [-0.05, 0) is 6.92 Å². The van der Waals surface area contributed by atoms with Gasteiger partial charge in [-0.25, -0.2) is 0 Å². The van der Waals surface area contributed by atoms with Crippen LogP contribution in [-0.2, 0) is 6.54 Å². The van der Waals surface area contributed by atoms with E-state index in [1.165, 1.54) is 6.92 Å². The monoisotopic (exact) mass is 240 g/mol. The van der Waals surface area contributed by atoms with Crippen LogP contribution < -0.4 is 4.57 Å². The number of benzene rings is 1. The Bertz CT molecular complexity index is 576. The van der Waals surface area contributed by atoms with Crippen LogP contribution in [0.15, 0.2) is 54.9 Å². The molecule has 0 unspecified atom stereocenters. The average molecular weight is 240 g/mol. The summed E-state index contributed by atoms with van der Waals surface area (Å²) in [6.45, 7) is 1.72. The molecule has 1 heterocycles. The Morgan fingerprint density at radius 2 is 1.56 bits per heavy atom. The van der Waals surface area contributed by atoms with E-state index in [0.717, 1.165) is 0 Å². The van der Waals surface area contributed by atoms with Gasteiger partial charge in [0.2, 0.25) is 12.3 Å². The summed E-state index contributed by atoms with van der Waals surface area (Å²) in [5.41, 5.74) is 0.973. The summed E-state index contributed by atoms with van der Waals surface area (Å²) >= 11 is 0. The second kappa shape index (κ2) is 5.36. The highest BCUT2D eigenvalue weighted by molar-refractivity contribution is 6.07. The number of carbonyl (C=O) groups is 2. The molecule has 0 N–H and O–H groups in total. The molecule has 18 heavy (non-hydrogen) atoms. The van der Waals surface area contributed by atoms with Crippen molar-refractivity contribution in [2.75, 3.05) is 0 Å². The largest absolute Gasteiger partial charge is 0.294 e. The molecule has 0 aliphatic heterocycles. The predicted octanol–water partition coefficient (Wildman–Crippen LogP) is 2.06. The number of nitrogens with zero attached hydrogens (tertiary/aromatic N) is 1. The second-order valence-corrected chi connectivity index (χ2v) is 4.07. The lowest BCUT2D eigenvalue weighted by Gasteiger charge is -2.03. The summed E-state index contributed by atoms with van der Waals surface area (Å²) in [6, 6.07) is 12.5. The Balaban J connectivity index is 2.27. The van der Waals surface area contributed by atoms with Crippen molar-refractivity contribution in [2.45, 2.75) is 13.5 Å². The molecule has 1 aromatic carbocycles. The maximum absolute atomic E-state index is 12.2. The molecule has 0 bridgehead atoms. The zero-order chi connectivity index (χ0) is 13.0. The number of pyridine rings is 1. The third kappa shape index (κ3) is 2.69. The first kappa shape index (κ1) is 12.2. The van der Waals surface area contributed by atoms with E-state index in [0.29, 0.717) is 11.1 Å². The molecular formula is C15H14NO2+. The Morgan fingerprint density at radius 1 is 0.944 bits per heavy atom. The van der Waals surface area contributed by atoms with Gasteiger partial charge in [0.1, 0.15) is 0 Å². The third-order valence-corrected chi connectivity index (χ3v) is 2.71. The minimum atomic E-state index is -0.0861. The smallest absolute Gasteiger partial charge is 0.228 e. The quantitative estimate of drug-likeness (QED) is 0.606. The van der Waals surface area contributed by atoms with Gasteiger partial charge >= 0.3 is 0 Å². The van der Waals surface area contributed by atoms with Gasteiger partial charge in [-0.15, -0.1) is 0 Å². The van der Waals surface area contributed by atoms with Gasteiger partial charge in [0, 0.05) is 23.3 Å². The molecule has 3 nitrogen and oxygen atoms in total. The lowest BCUT2D eigenvalue weighted by atomic mass is 10.0. The van der Waals surface area contributed by atoms with Crippen LogP contribution in [-0.4, -0.2) is 11.6 Å². The Labute approximate surface area is 106 Å². The molecule has 0 saturated carbocycles. The fourth-order valence-corrected chi connectivity index (χ4v) is 1.82. The number of hydrogen-bond donors (Lipinski definition) is 0. The molecule has 0 fully saturated rings. The van der Waals surface area contributed by atoms with Gasteiger partial charge in [-0.1, -0.05) is 30.3 Å². The van der Waals surface area contributed by atoms with Crippen molar-refractivity contribution in [3.05, 3.63) is 66.0 Å². The summed E-state index contributed by atoms with van der Waals surface area (Å²) in [7, 11) is 0. The molecule has 0 aliphatic carbocycles. The van der Waals surface area contributed by atoms with Crippen LogP contribution >= 0.6 is 0 Å². The minimum Gasteiger partial charge on any atom is -0.294 e. The van der Waals surface area contributed by atoms with Crippen molar-refractivity contribution >= 4 is 11.6 Å². The molecule has 0 saturated heterocycles. The van der Waals surface area contributed by atoms with Crippen LogP contribution in [0.4, 0.5) is 0 Å². The fraction of sp³-hybridized carbons (Fsp3) is 0.133. The van der Waals surface area contributed by atoms with Crippen molar-refractivity contribution in [3.63, 3.8) is 0 Å². The lowest BCUT2D eigenvalue weighted by molar-refractivity contribution is -0.683. The van der Waals surface area contributed by atoms with Gasteiger partial charge in [-0.2, -0.15) is 4.57 Å². The number of carbonyl (C=O) groups excluding carboxylic acids is 2. The standard InChI is InChI=1S/C15H14NO2/c1-12(17)13-7-3-4-8-14(13)15(18)11-16-9-5-2-6-10-16/h2-10H,11H2,1H3/q+1. The molecule has 2 rings (SSSR count). The fourth-order valence-electron chi connectivity index (χ4n) is 1.82. The Kier molecular flexibility index (Phi) is 3.63. The van der Waals surface area contributed by atoms with Crippen LogP contribution in [0.25, 0.3) is 0 Å². The highest BCUT2D eigenvalue weighted by atomic mass is 16.1. The van der Waals surface area contributed by atoms with E-state index in [4.69, 9.17) is 0 Å². The molecule has 0 aliphatic rings. The maximum Gasteiger partial charge on any atom is 0.228 e. The summed E-state index contributed by atoms with van der Waals surface area (Å²) in [4.78, 5) is 23.6. The highest BCUT2D eigenvalue weighted by Crippen LogP contribution is 2.10. The Hall–Kier alpha value is -2.29. The summed E-state index contributed by atoms with van der Waals surface area (Å²) < 4.78 is 1.79. The number of Topliss-reactive ketones (excluding diaryl/α,β-unsaturated/α-hetero) is 2. The normalized spacial score (nSPS) is 10.1. The number of ketones is 2. The van der Waals surface area contributed by atoms with Gasteiger partial charge in [0.15, 0.2) is 18.2 Å². The number of rotatable bonds is 4. The van der Waals surface area contributed by atoms with E-state index in [1.807, 2.05) is 30.6 Å². The second-order valence-electron chi connectivity index (χ2n) is 4.07. The molecule has 0 amide bonds. The molecule has 0 radical (unpaired) electrons. The van der Waals surface area contributed by atoms with E-state index in [1.54, 1.807) is 28.8 Å². The van der Waals surface area contributed by atoms with Crippen molar-refractivity contribution in [1.82, 2.24) is 0 Å². The molecule has 2 aromatic rings. The van der Waals surface area contributed by atoms with Gasteiger partial charge in [0.25, 0.3) is 0 Å². The van der Waals surface area contributed by atoms with Crippen LogP contribution in [0.1, 0.15) is 27.6 Å². The third-order valence-electron chi connectivity index (χ3n) is 2.71. The molecular weight excluding hydrogens is 226 g/mol. The number of aromatic nitrogens is 1. The van der Waals surface area contributed by atoms with Crippen LogP contribution in [0.2, 0.25) is 0 Å². The first-order valence-corrected chi connectivity index (χ1v) is 5.76. The van der Waals surface area contributed by atoms with E-state index in [-0.39, 0.29) is 18.1 Å². The van der Waals surface area contributed by atoms with Crippen molar-refractivity contribution in [2.24, 2.45) is 0 Å². The van der Waals surface area contributed by atoms with E-state index in [2.05, 4.69) is 0 Å². The van der Waals surface area contributed by atoms with Gasteiger partial charge in [-0.3, -0.25) is 9.59 Å². The molecule has 0 spiro atoms. The topological polar surface area (TPSA) is 38.0 Å². The summed E-state index contributed by atoms with van der Waals surface area (Å²) in [5, 5.41) is 0. The van der Waals surface area contributed by atoms with E-state index in [9.17, 15) is 9.59 Å². The van der Waals surface area contributed by atoms with E-state index >= 15 is 0 Å². The summed E-state index contributed by atoms with van der Waals surface area (Å²) in [5.74, 6) is -0.144.